The van der Waals surface area contributed by atoms with Crippen molar-refractivity contribution in [1.82, 2.24) is 4.90 Å². The van der Waals surface area contributed by atoms with Crippen molar-refractivity contribution in [3.05, 3.63) is 35.9 Å². The van der Waals surface area contributed by atoms with Gasteiger partial charge in [-0.15, -0.1) is 0 Å². The van der Waals surface area contributed by atoms with E-state index >= 15 is 0 Å². The first-order valence-electron chi connectivity index (χ1n) is 8.37. The van der Waals surface area contributed by atoms with Gasteiger partial charge in [0.05, 0.1) is 13.2 Å². The number of piperidine rings is 1. The summed E-state index contributed by atoms with van der Waals surface area (Å²) in [5, 5.41) is 8.51. The van der Waals surface area contributed by atoms with Gasteiger partial charge < -0.3 is 19.5 Å². The van der Waals surface area contributed by atoms with E-state index in [0.717, 1.165) is 38.6 Å². The Kier molecular flexibility index (Phi) is 8.07. The molecule has 0 radical (unpaired) electrons. The highest BCUT2D eigenvalue weighted by Gasteiger charge is 2.18. The average Bonchev–Trinajstić information content (AvgIpc) is 2.57. The Balaban J connectivity index is 1.49. The third kappa shape index (κ3) is 7.59. The van der Waals surface area contributed by atoms with E-state index in [4.69, 9.17) is 14.6 Å². The molecule has 2 rings (SSSR count). The molecule has 0 spiro atoms. The molecule has 1 saturated heterocycles. The molecule has 1 aromatic rings. The predicted octanol–water partition coefficient (Wildman–Crippen LogP) is 2.41. The first kappa shape index (κ1) is 17.9. The van der Waals surface area contributed by atoms with Crippen molar-refractivity contribution in [2.24, 2.45) is 5.92 Å². The third-order valence-electron chi connectivity index (χ3n) is 4.27. The van der Waals surface area contributed by atoms with Gasteiger partial charge in [0.1, 0.15) is 6.61 Å². The Morgan fingerprint density at radius 2 is 1.87 bits per heavy atom. The van der Waals surface area contributed by atoms with Crippen LogP contribution in [0.25, 0.3) is 0 Å². The van der Waals surface area contributed by atoms with E-state index in [1.807, 2.05) is 18.2 Å². The largest absolute Gasteiger partial charge is 0.480 e. The van der Waals surface area contributed by atoms with Crippen LogP contribution < -0.4 is 0 Å². The van der Waals surface area contributed by atoms with Crippen molar-refractivity contribution in [1.29, 1.82) is 0 Å². The maximum Gasteiger partial charge on any atom is 0.329 e. The zero-order chi connectivity index (χ0) is 16.3. The Hall–Kier alpha value is -1.43. The zero-order valence-corrected chi connectivity index (χ0v) is 13.7. The molecule has 5 nitrogen and oxygen atoms in total. The fourth-order valence-corrected chi connectivity index (χ4v) is 2.87. The molecule has 1 aromatic carbocycles. The van der Waals surface area contributed by atoms with Gasteiger partial charge in [-0.1, -0.05) is 30.3 Å². The number of carboxylic acid groups (broad SMARTS) is 1. The lowest BCUT2D eigenvalue weighted by Gasteiger charge is -2.31. The van der Waals surface area contributed by atoms with Gasteiger partial charge in [-0.2, -0.15) is 0 Å². The van der Waals surface area contributed by atoms with Gasteiger partial charge in [0.25, 0.3) is 0 Å². The van der Waals surface area contributed by atoms with Gasteiger partial charge in [-0.3, -0.25) is 0 Å². The van der Waals surface area contributed by atoms with Crippen LogP contribution in [0.3, 0.4) is 0 Å². The maximum absolute atomic E-state index is 10.4. The second-order valence-electron chi connectivity index (χ2n) is 6.06. The SMILES string of the molecule is O=C(O)COCCN1CCC(CCOCc2ccccc2)CC1. The van der Waals surface area contributed by atoms with E-state index in [9.17, 15) is 4.79 Å². The number of carboxylic acids is 1. The summed E-state index contributed by atoms with van der Waals surface area (Å²) < 4.78 is 10.8. The number of hydrogen-bond acceptors (Lipinski definition) is 4. The van der Waals surface area contributed by atoms with E-state index in [-0.39, 0.29) is 6.61 Å². The van der Waals surface area contributed by atoms with E-state index in [0.29, 0.717) is 13.2 Å². The number of likely N-dealkylation sites (tertiary alicyclic amines) is 1. The summed E-state index contributed by atoms with van der Waals surface area (Å²) in [7, 11) is 0. The van der Waals surface area contributed by atoms with E-state index in [1.165, 1.54) is 18.4 Å². The fourth-order valence-electron chi connectivity index (χ4n) is 2.87. The lowest BCUT2D eigenvalue weighted by Crippen LogP contribution is -2.36. The molecule has 0 aromatic heterocycles. The highest BCUT2D eigenvalue weighted by atomic mass is 16.5. The predicted molar refractivity (Wildman–Crippen MR) is 88.3 cm³/mol. The standard InChI is InChI=1S/C18H27NO4/c20-18(21)15-23-13-11-19-9-6-16(7-10-19)8-12-22-14-17-4-2-1-3-5-17/h1-5,16H,6-15H2,(H,20,21). The van der Waals surface area contributed by atoms with Crippen molar-refractivity contribution in [3.8, 4) is 0 Å². The number of benzene rings is 1. The number of ether oxygens (including phenoxy) is 2. The first-order chi connectivity index (χ1) is 11.2. The Labute approximate surface area is 138 Å². The molecule has 1 fully saturated rings. The van der Waals surface area contributed by atoms with Crippen LogP contribution in [0.4, 0.5) is 0 Å². The molecule has 5 heteroatoms. The fraction of sp³-hybridized carbons (Fsp3) is 0.611. The number of rotatable bonds is 10. The molecule has 1 aliphatic heterocycles. The van der Waals surface area contributed by atoms with Crippen LogP contribution in [0, 0.1) is 5.92 Å². The average molecular weight is 321 g/mol. The summed E-state index contributed by atoms with van der Waals surface area (Å²) >= 11 is 0. The molecule has 0 saturated carbocycles. The van der Waals surface area contributed by atoms with Crippen LogP contribution in [-0.2, 0) is 20.9 Å². The van der Waals surface area contributed by atoms with Gasteiger partial charge in [-0.05, 0) is 43.8 Å². The molecular weight excluding hydrogens is 294 g/mol. The Bertz CT molecular complexity index is 444. The summed E-state index contributed by atoms with van der Waals surface area (Å²) in [6.45, 7) is 4.78. The van der Waals surface area contributed by atoms with Gasteiger partial charge in [0.15, 0.2) is 0 Å². The minimum Gasteiger partial charge on any atom is -0.480 e. The van der Waals surface area contributed by atoms with Crippen molar-refractivity contribution in [2.45, 2.75) is 25.9 Å². The lowest BCUT2D eigenvalue weighted by molar-refractivity contribution is -0.142. The molecule has 1 aliphatic rings. The highest BCUT2D eigenvalue weighted by Crippen LogP contribution is 2.20. The van der Waals surface area contributed by atoms with E-state index in [2.05, 4.69) is 17.0 Å². The van der Waals surface area contributed by atoms with E-state index in [1.54, 1.807) is 0 Å². The molecule has 128 valence electrons. The number of hydrogen-bond donors (Lipinski definition) is 1. The molecule has 23 heavy (non-hydrogen) atoms. The van der Waals surface area contributed by atoms with Gasteiger partial charge in [0.2, 0.25) is 0 Å². The quantitative estimate of drug-likeness (QED) is 0.671. The van der Waals surface area contributed by atoms with E-state index < -0.39 is 5.97 Å². The summed E-state index contributed by atoms with van der Waals surface area (Å²) in [6, 6.07) is 10.3. The monoisotopic (exact) mass is 321 g/mol. The summed E-state index contributed by atoms with van der Waals surface area (Å²) in [6.07, 6.45) is 3.50. The summed E-state index contributed by atoms with van der Waals surface area (Å²) in [5.41, 5.74) is 1.23. The minimum absolute atomic E-state index is 0.199. The maximum atomic E-state index is 10.4. The Morgan fingerprint density at radius 1 is 1.13 bits per heavy atom. The second kappa shape index (κ2) is 10.4. The topological polar surface area (TPSA) is 59.0 Å². The smallest absolute Gasteiger partial charge is 0.329 e. The van der Waals surface area contributed by atoms with Crippen LogP contribution in [0.15, 0.2) is 30.3 Å². The van der Waals surface area contributed by atoms with Crippen molar-refractivity contribution in [3.63, 3.8) is 0 Å². The normalized spacial score (nSPS) is 16.5. The van der Waals surface area contributed by atoms with Crippen LogP contribution in [-0.4, -0.2) is 55.4 Å². The molecule has 0 atom stereocenters. The summed E-state index contributed by atoms with van der Waals surface area (Å²) in [4.78, 5) is 12.7. The number of carbonyl (C=O) groups is 1. The minimum atomic E-state index is -0.904. The molecule has 1 heterocycles. The van der Waals surface area contributed by atoms with Crippen LogP contribution in [0.5, 0.6) is 0 Å². The summed E-state index contributed by atoms with van der Waals surface area (Å²) in [5.74, 6) is -0.166. The Morgan fingerprint density at radius 3 is 2.57 bits per heavy atom. The number of nitrogens with zero attached hydrogens (tertiary/aromatic N) is 1. The zero-order valence-electron chi connectivity index (χ0n) is 13.7. The molecule has 0 amide bonds. The van der Waals surface area contributed by atoms with Gasteiger partial charge in [-0.25, -0.2) is 4.79 Å². The van der Waals surface area contributed by atoms with Crippen LogP contribution in [0.2, 0.25) is 0 Å². The van der Waals surface area contributed by atoms with Crippen LogP contribution in [0.1, 0.15) is 24.8 Å². The molecule has 1 N–H and O–H groups in total. The lowest BCUT2D eigenvalue weighted by atomic mass is 9.94. The number of aliphatic carboxylic acids is 1. The van der Waals surface area contributed by atoms with Gasteiger partial charge in [0, 0.05) is 13.2 Å². The van der Waals surface area contributed by atoms with Crippen molar-refractivity contribution < 1.29 is 19.4 Å². The highest BCUT2D eigenvalue weighted by molar-refractivity contribution is 5.67. The molecule has 0 aliphatic carbocycles. The van der Waals surface area contributed by atoms with Crippen molar-refractivity contribution >= 4 is 5.97 Å². The van der Waals surface area contributed by atoms with Crippen LogP contribution >= 0.6 is 0 Å². The third-order valence-corrected chi connectivity index (χ3v) is 4.27. The molecule has 0 unspecified atom stereocenters. The molecular formula is C18H27NO4. The van der Waals surface area contributed by atoms with Gasteiger partial charge >= 0.3 is 5.97 Å². The second-order valence-corrected chi connectivity index (χ2v) is 6.06. The first-order valence-corrected chi connectivity index (χ1v) is 8.37. The van der Waals surface area contributed by atoms with Crippen molar-refractivity contribution in [2.75, 3.05) is 39.5 Å². The molecule has 0 bridgehead atoms.